The summed E-state index contributed by atoms with van der Waals surface area (Å²) >= 11 is 11.6. The monoisotopic (exact) mass is 283 g/mol. The molecule has 0 bridgehead atoms. The molecule has 1 fully saturated rings. The molecule has 1 aromatic rings. The van der Waals surface area contributed by atoms with E-state index in [4.69, 9.17) is 28.9 Å². The zero-order valence-corrected chi connectivity index (χ0v) is 10.9. The number of rotatable bonds is 2. The van der Waals surface area contributed by atoms with Crippen molar-refractivity contribution >= 4 is 35.6 Å². The smallest absolute Gasteiger partial charge is 0.148 e. The van der Waals surface area contributed by atoms with E-state index in [1.54, 1.807) is 6.07 Å². The Hall–Kier alpha value is -0.0200. The summed E-state index contributed by atoms with van der Waals surface area (Å²) in [4.78, 5) is 0. The first-order chi connectivity index (χ1) is 7.11. The van der Waals surface area contributed by atoms with Crippen LogP contribution in [0.1, 0.15) is 30.9 Å². The summed E-state index contributed by atoms with van der Waals surface area (Å²) < 4.78 is 13.7. The van der Waals surface area contributed by atoms with Gasteiger partial charge in [-0.25, -0.2) is 4.39 Å². The Morgan fingerprint density at radius 1 is 1.25 bits per heavy atom. The van der Waals surface area contributed by atoms with Gasteiger partial charge in [0.05, 0.1) is 5.02 Å². The lowest BCUT2D eigenvalue weighted by Crippen LogP contribution is -2.28. The predicted molar refractivity (Wildman–Crippen MR) is 67.9 cm³/mol. The predicted octanol–water partition coefficient (Wildman–Crippen LogP) is 4.35. The molecule has 16 heavy (non-hydrogen) atoms. The van der Waals surface area contributed by atoms with Crippen molar-refractivity contribution in [1.29, 1.82) is 0 Å². The Bertz CT molecular complexity index is 380. The molecule has 1 atom stereocenters. The van der Waals surface area contributed by atoms with Crippen LogP contribution < -0.4 is 5.73 Å². The largest absolute Gasteiger partial charge is 0.324 e. The second kappa shape index (κ2) is 5.54. The highest BCUT2D eigenvalue weighted by atomic mass is 35.5. The Morgan fingerprint density at radius 2 is 1.81 bits per heavy atom. The van der Waals surface area contributed by atoms with Gasteiger partial charge in [0, 0.05) is 16.6 Å². The summed E-state index contributed by atoms with van der Waals surface area (Å²) in [5, 5.41) is 0.459. The fraction of sp³-hybridized carbons (Fsp3) is 0.455. The van der Waals surface area contributed by atoms with Gasteiger partial charge in [-0.05, 0) is 30.9 Å². The van der Waals surface area contributed by atoms with Crippen LogP contribution in [-0.4, -0.2) is 0 Å². The van der Waals surface area contributed by atoms with Gasteiger partial charge in [-0.2, -0.15) is 0 Å². The normalized spacial score (nSPS) is 17.5. The van der Waals surface area contributed by atoms with Gasteiger partial charge in [-0.15, -0.1) is 12.4 Å². The van der Waals surface area contributed by atoms with Crippen LogP contribution >= 0.6 is 35.6 Å². The molecule has 1 aromatic carbocycles. The quantitative estimate of drug-likeness (QED) is 0.803. The SMILES string of the molecule is Cl.N[C@H](c1c(Cl)ccc(Cl)c1F)C1CCC1. The first kappa shape index (κ1) is 14.0. The first-order valence-electron chi connectivity index (χ1n) is 5.00. The van der Waals surface area contributed by atoms with Crippen molar-refractivity contribution in [2.24, 2.45) is 11.7 Å². The Balaban J connectivity index is 0.00000128. The summed E-state index contributed by atoms with van der Waals surface area (Å²) in [6.45, 7) is 0. The third kappa shape index (κ3) is 2.45. The maximum atomic E-state index is 13.7. The lowest BCUT2D eigenvalue weighted by atomic mass is 9.77. The summed E-state index contributed by atoms with van der Waals surface area (Å²) in [5.74, 6) is -0.126. The lowest BCUT2D eigenvalue weighted by Gasteiger charge is -2.32. The molecule has 0 radical (unpaired) electrons. The van der Waals surface area contributed by atoms with E-state index in [1.807, 2.05) is 0 Å². The van der Waals surface area contributed by atoms with E-state index in [9.17, 15) is 4.39 Å². The van der Waals surface area contributed by atoms with Gasteiger partial charge in [-0.1, -0.05) is 29.6 Å². The van der Waals surface area contributed by atoms with Gasteiger partial charge >= 0.3 is 0 Å². The van der Waals surface area contributed by atoms with Crippen molar-refractivity contribution in [3.05, 3.63) is 33.6 Å². The molecule has 2 N–H and O–H groups in total. The van der Waals surface area contributed by atoms with E-state index in [0.717, 1.165) is 19.3 Å². The zero-order chi connectivity index (χ0) is 11.0. The highest BCUT2D eigenvalue weighted by Crippen LogP contribution is 2.40. The highest BCUT2D eigenvalue weighted by molar-refractivity contribution is 6.33. The van der Waals surface area contributed by atoms with Crippen molar-refractivity contribution in [2.45, 2.75) is 25.3 Å². The van der Waals surface area contributed by atoms with E-state index >= 15 is 0 Å². The molecular formula is C11H13Cl3FN. The van der Waals surface area contributed by atoms with Gasteiger partial charge in [0.15, 0.2) is 0 Å². The first-order valence-corrected chi connectivity index (χ1v) is 5.76. The topological polar surface area (TPSA) is 26.0 Å². The maximum Gasteiger partial charge on any atom is 0.148 e. The van der Waals surface area contributed by atoms with E-state index in [2.05, 4.69) is 0 Å². The summed E-state index contributed by atoms with van der Waals surface area (Å²) in [6, 6.07) is 2.72. The summed E-state index contributed by atoms with van der Waals surface area (Å²) in [5.41, 5.74) is 6.36. The fourth-order valence-electron chi connectivity index (χ4n) is 1.88. The van der Waals surface area contributed by atoms with Gasteiger partial charge < -0.3 is 5.73 Å². The van der Waals surface area contributed by atoms with Crippen LogP contribution in [0.2, 0.25) is 10.0 Å². The molecule has 0 aliphatic heterocycles. The molecule has 1 aliphatic rings. The van der Waals surface area contributed by atoms with Crippen LogP contribution in [0.5, 0.6) is 0 Å². The average molecular weight is 285 g/mol. The molecule has 1 nitrogen and oxygen atoms in total. The van der Waals surface area contributed by atoms with E-state index in [0.29, 0.717) is 16.5 Å². The second-order valence-electron chi connectivity index (χ2n) is 3.97. The van der Waals surface area contributed by atoms with Crippen molar-refractivity contribution in [3.8, 4) is 0 Å². The van der Waals surface area contributed by atoms with Crippen molar-refractivity contribution in [1.82, 2.24) is 0 Å². The van der Waals surface area contributed by atoms with Gasteiger partial charge in [0.1, 0.15) is 5.82 Å². The molecule has 2 rings (SSSR count). The molecule has 0 saturated heterocycles. The molecule has 0 amide bonds. The third-order valence-corrected chi connectivity index (χ3v) is 3.69. The number of halogens is 4. The van der Waals surface area contributed by atoms with Crippen LogP contribution in [0.3, 0.4) is 0 Å². The van der Waals surface area contributed by atoms with Gasteiger partial charge in [0.2, 0.25) is 0 Å². The molecule has 1 aliphatic carbocycles. The zero-order valence-electron chi connectivity index (χ0n) is 8.55. The Labute approximate surface area is 111 Å². The minimum absolute atomic E-state index is 0. The molecular weight excluding hydrogens is 271 g/mol. The van der Waals surface area contributed by atoms with Gasteiger partial charge in [-0.3, -0.25) is 0 Å². The number of hydrogen-bond donors (Lipinski definition) is 1. The van der Waals surface area contributed by atoms with E-state index in [-0.39, 0.29) is 23.5 Å². The number of benzene rings is 1. The van der Waals surface area contributed by atoms with Crippen LogP contribution in [-0.2, 0) is 0 Å². The Morgan fingerprint density at radius 3 is 2.31 bits per heavy atom. The number of nitrogens with two attached hydrogens (primary N) is 1. The van der Waals surface area contributed by atoms with E-state index in [1.165, 1.54) is 6.07 Å². The third-order valence-electron chi connectivity index (χ3n) is 3.07. The van der Waals surface area contributed by atoms with Crippen molar-refractivity contribution in [3.63, 3.8) is 0 Å². The van der Waals surface area contributed by atoms with Crippen LogP contribution in [0.4, 0.5) is 4.39 Å². The van der Waals surface area contributed by atoms with Crippen LogP contribution in [0.25, 0.3) is 0 Å². The number of hydrogen-bond acceptors (Lipinski definition) is 1. The van der Waals surface area contributed by atoms with Gasteiger partial charge in [0.25, 0.3) is 0 Å². The Kier molecular flexibility index (Phi) is 4.87. The lowest BCUT2D eigenvalue weighted by molar-refractivity contribution is 0.260. The average Bonchev–Trinajstić information content (AvgIpc) is 2.09. The molecule has 0 aromatic heterocycles. The fourth-order valence-corrected chi connectivity index (χ4v) is 2.32. The summed E-state index contributed by atoms with van der Waals surface area (Å²) in [7, 11) is 0. The summed E-state index contributed by atoms with van der Waals surface area (Å²) in [6.07, 6.45) is 3.26. The van der Waals surface area contributed by atoms with Crippen LogP contribution in [0, 0.1) is 11.7 Å². The van der Waals surface area contributed by atoms with E-state index < -0.39 is 5.82 Å². The molecule has 90 valence electrons. The standard InChI is InChI=1S/C11H12Cl2FN.ClH/c12-7-4-5-8(13)10(14)9(7)11(15)6-2-1-3-6;/h4-6,11H,1-3,15H2;1H/t11-;/m0./s1. The molecule has 0 unspecified atom stereocenters. The second-order valence-corrected chi connectivity index (χ2v) is 4.79. The van der Waals surface area contributed by atoms with Crippen molar-refractivity contribution in [2.75, 3.05) is 0 Å². The minimum Gasteiger partial charge on any atom is -0.324 e. The van der Waals surface area contributed by atoms with Crippen LogP contribution in [0.15, 0.2) is 12.1 Å². The highest BCUT2D eigenvalue weighted by Gasteiger charge is 2.29. The molecule has 1 saturated carbocycles. The maximum absolute atomic E-state index is 13.7. The minimum atomic E-state index is -0.469. The molecule has 5 heteroatoms. The molecule has 0 spiro atoms. The van der Waals surface area contributed by atoms with Crippen molar-refractivity contribution < 1.29 is 4.39 Å². The molecule has 0 heterocycles.